The van der Waals surface area contributed by atoms with E-state index in [2.05, 4.69) is 20.8 Å². The summed E-state index contributed by atoms with van der Waals surface area (Å²) in [4.78, 5) is 1.93. The van der Waals surface area contributed by atoms with Crippen LogP contribution in [0.5, 0.6) is 0 Å². The predicted octanol–water partition coefficient (Wildman–Crippen LogP) is 3.93. The lowest BCUT2D eigenvalue weighted by molar-refractivity contribution is -0.0370. The summed E-state index contributed by atoms with van der Waals surface area (Å²) in [7, 11) is 0. The van der Waals surface area contributed by atoms with Gasteiger partial charge in [0.1, 0.15) is 0 Å². The quantitative estimate of drug-likeness (QED) is 0.768. The van der Waals surface area contributed by atoms with Gasteiger partial charge in [-0.15, -0.1) is 0 Å². The van der Waals surface area contributed by atoms with Gasteiger partial charge in [-0.2, -0.15) is 0 Å². The summed E-state index contributed by atoms with van der Waals surface area (Å²) in [5.74, 6) is 0.390. The summed E-state index contributed by atoms with van der Waals surface area (Å²) in [6.45, 7) is 9.18. The topological polar surface area (TPSA) is 23.5 Å². The summed E-state index contributed by atoms with van der Waals surface area (Å²) in [6, 6.07) is 0.0858. The van der Waals surface area contributed by atoms with Crippen LogP contribution in [0, 0.1) is 11.3 Å². The fraction of sp³-hybridized carbons (Fsp3) is 1.00. The van der Waals surface area contributed by atoms with Crippen molar-refractivity contribution in [3.05, 3.63) is 0 Å². The van der Waals surface area contributed by atoms with Gasteiger partial charge in [0.25, 0.3) is 6.43 Å². The van der Waals surface area contributed by atoms with E-state index in [9.17, 15) is 13.9 Å². The van der Waals surface area contributed by atoms with Crippen LogP contribution >= 0.6 is 0 Å². The van der Waals surface area contributed by atoms with Crippen molar-refractivity contribution in [2.75, 3.05) is 13.1 Å². The van der Waals surface area contributed by atoms with E-state index in [0.29, 0.717) is 18.9 Å². The minimum absolute atomic E-state index is 0.0858. The highest BCUT2D eigenvalue weighted by molar-refractivity contribution is 4.93. The molecule has 20 heavy (non-hydrogen) atoms. The maximum Gasteiger partial charge on any atom is 0.251 e. The first-order valence-corrected chi connectivity index (χ1v) is 8.02. The summed E-state index contributed by atoms with van der Waals surface area (Å²) in [6.07, 6.45) is 1.67. The fourth-order valence-corrected chi connectivity index (χ4v) is 3.56. The van der Waals surface area contributed by atoms with Gasteiger partial charge in [-0.05, 0) is 43.6 Å². The molecule has 1 aliphatic rings. The Labute approximate surface area is 122 Å². The van der Waals surface area contributed by atoms with E-state index in [-0.39, 0.29) is 24.1 Å². The molecule has 0 aromatic heterocycles. The zero-order chi connectivity index (χ0) is 15.3. The highest BCUT2D eigenvalue weighted by atomic mass is 19.3. The summed E-state index contributed by atoms with van der Waals surface area (Å²) in [5, 5.41) is 9.97. The third-order valence-corrected chi connectivity index (χ3v) is 5.06. The van der Waals surface area contributed by atoms with Gasteiger partial charge < -0.3 is 5.11 Å². The van der Waals surface area contributed by atoms with Crippen LogP contribution < -0.4 is 0 Å². The van der Waals surface area contributed by atoms with Crippen LogP contribution in [-0.2, 0) is 0 Å². The number of halogens is 2. The minimum atomic E-state index is -2.30. The van der Waals surface area contributed by atoms with Crippen molar-refractivity contribution in [2.24, 2.45) is 11.3 Å². The molecule has 4 heteroatoms. The summed E-state index contributed by atoms with van der Waals surface area (Å²) >= 11 is 0. The van der Waals surface area contributed by atoms with Gasteiger partial charge >= 0.3 is 0 Å². The van der Waals surface area contributed by atoms with Crippen molar-refractivity contribution in [3.8, 4) is 0 Å². The van der Waals surface area contributed by atoms with Crippen molar-refractivity contribution in [3.63, 3.8) is 0 Å². The Morgan fingerprint density at radius 2 is 1.90 bits per heavy atom. The Kier molecular flexibility index (Phi) is 6.86. The van der Waals surface area contributed by atoms with Gasteiger partial charge in [0.2, 0.25) is 0 Å². The van der Waals surface area contributed by atoms with Gasteiger partial charge in [0.05, 0.1) is 12.6 Å². The lowest BCUT2D eigenvalue weighted by Crippen LogP contribution is -2.51. The largest absolute Gasteiger partial charge is 0.393 e. The average molecular weight is 291 g/mol. The molecule has 0 amide bonds. The number of aliphatic hydroxyl groups is 1. The molecule has 1 saturated carbocycles. The number of hydrogen-bond donors (Lipinski definition) is 1. The zero-order valence-corrected chi connectivity index (χ0v) is 13.4. The Morgan fingerprint density at radius 1 is 1.25 bits per heavy atom. The molecule has 1 rings (SSSR count). The second-order valence-electron chi connectivity index (χ2n) is 6.87. The molecule has 1 aliphatic carbocycles. The van der Waals surface area contributed by atoms with Gasteiger partial charge in [-0.3, -0.25) is 4.90 Å². The lowest BCUT2D eigenvalue weighted by atomic mass is 9.66. The first-order valence-electron chi connectivity index (χ1n) is 8.02. The Balaban J connectivity index is 2.91. The van der Waals surface area contributed by atoms with Crippen molar-refractivity contribution in [1.82, 2.24) is 4.90 Å². The smallest absolute Gasteiger partial charge is 0.251 e. The van der Waals surface area contributed by atoms with Crippen LogP contribution in [0.1, 0.15) is 59.8 Å². The SMILES string of the molecule is CCCN(CC(F)F)C1CC(O)CCC1C(C)(C)CC. The molecule has 0 spiro atoms. The average Bonchev–Trinajstić information content (AvgIpc) is 2.37. The van der Waals surface area contributed by atoms with Crippen LogP contribution in [-0.4, -0.2) is 41.7 Å². The monoisotopic (exact) mass is 291 g/mol. The van der Waals surface area contributed by atoms with Gasteiger partial charge in [0, 0.05) is 6.04 Å². The highest BCUT2D eigenvalue weighted by Gasteiger charge is 2.41. The van der Waals surface area contributed by atoms with E-state index in [1.807, 2.05) is 11.8 Å². The molecule has 120 valence electrons. The van der Waals surface area contributed by atoms with Crippen LogP contribution in [0.25, 0.3) is 0 Å². The molecule has 0 saturated heterocycles. The molecule has 3 atom stereocenters. The summed E-state index contributed by atoms with van der Waals surface area (Å²) < 4.78 is 25.7. The van der Waals surface area contributed by atoms with Crippen molar-refractivity contribution >= 4 is 0 Å². The molecule has 0 aromatic rings. The number of nitrogens with zero attached hydrogens (tertiary/aromatic N) is 1. The number of rotatable bonds is 7. The van der Waals surface area contributed by atoms with Crippen LogP contribution in [0.3, 0.4) is 0 Å². The van der Waals surface area contributed by atoms with Gasteiger partial charge in [-0.1, -0.05) is 34.1 Å². The first kappa shape index (κ1) is 17.8. The maximum atomic E-state index is 12.9. The Hall–Kier alpha value is -0.220. The standard InChI is InChI=1S/C16H31F2NO/c1-5-9-19(11-15(17)18)14-10-12(20)7-8-13(14)16(3,4)6-2/h12-15,20H,5-11H2,1-4H3. The Morgan fingerprint density at radius 3 is 2.40 bits per heavy atom. The highest BCUT2D eigenvalue weighted by Crippen LogP contribution is 2.42. The van der Waals surface area contributed by atoms with E-state index in [1.165, 1.54) is 0 Å². The predicted molar refractivity (Wildman–Crippen MR) is 79.1 cm³/mol. The van der Waals surface area contributed by atoms with Gasteiger partial charge in [0.15, 0.2) is 0 Å². The lowest BCUT2D eigenvalue weighted by Gasteiger charge is -2.48. The van der Waals surface area contributed by atoms with Crippen LogP contribution in [0.2, 0.25) is 0 Å². The van der Waals surface area contributed by atoms with Crippen molar-refractivity contribution in [1.29, 1.82) is 0 Å². The van der Waals surface area contributed by atoms with E-state index >= 15 is 0 Å². The maximum absolute atomic E-state index is 12.9. The Bertz CT molecular complexity index is 284. The second kappa shape index (κ2) is 7.69. The molecule has 3 unspecified atom stereocenters. The second-order valence-corrected chi connectivity index (χ2v) is 6.87. The molecule has 0 radical (unpaired) electrons. The number of alkyl halides is 2. The van der Waals surface area contributed by atoms with E-state index in [4.69, 9.17) is 0 Å². The molecular weight excluding hydrogens is 260 g/mol. The molecule has 1 fully saturated rings. The molecule has 0 heterocycles. The third-order valence-electron chi connectivity index (χ3n) is 5.06. The van der Waals surface area contributed by atoms with Crippen LogP contribution in [0.4, 0.5) is 8.78 Å². The van der Waals surface area contributed by atoms with Crippen LogP contribution in [0.15, 0.2) is 0 Å². The van der Waals surface area contributed by atoms with Gasteiger partial charge in [-0.25, -0.2) is 8.78 Å². The van der Waals surface area contributed by atoms with Crippen molar-refractivity contribution in [2.45, 2.75) is 78.4 Å². The van der Waals surface area contributed by atoms with E-state index < -0.39 is 6.43 Å². The molecule has 0 bridgehead atoms. The normalized spacial score (nSPS) is 28.4. The first-order chi connectivity index (χ1) is 9.31. The third kappa shape index (κ3) is 4.66. The number of aliphatic hydroxyl groups excluding tert-OH is 1. The van der Waals surface area contributed by atoms with E-state index in [1.54, 1.807) is 0 Å². The molecule has 0 aliphatic heterocycles. The molecule has 0 aromatic carbocycles. The fourth-order valence-electron chi connectivity index (χ4n) is 3.56. The molecule has 1 N–H and O–H groups in total. The molecule has 2 nitrogen and oxygen atoms in total. The van der Waals surface area contributed by atoms with Crippen molar-refractivity contribution < 1.29 is 13.9 Å². The summed E-state index contributed by atoms with van der Waals surface area (Å²) in [5.41, 5.74) is 0.138. The number of hydrogen-bond acceptors (Lipinski definition) is 2. The van der Waals surface area contributed by atoms with E-state index in [0.717, 1.165) is 25.7 Å². The zero-order valence-electron chi connectivity index (χ0n) is 13.4. The minimum Gasteiger partial charge on any atom is -0.393 e. The molecular formula is C16H31F2NO.